The van der Waals surface area contributed by atoms with Gasteiger partial charge in [0.2, 0.25) is 0 Å². The normalized spacial score (nSPS) is 11.3. The highest BCUT2D eigenvalue weighted by atomic mass is 16.3. The van der Waals surface area contributed by atoms with Crippen LogP contribution in [0, 0.1) is 0 Å². The van der Waals surface area contributed by atoms with Crippen molar-refractivity contribution < 1.29 is 5.11 Å². The van der Waals surface area contributed by atoms with Crippen molar-refractivity contribution in [1.82, 2.24) is 0 Å². The fourth-order valence-electron chi connectivity index (χ4n) is 2.31. The summed E-state index contributed by atoms with van der Waals surface area (Å²) in [7, 11) is 0. The average Bonchev–Trinajstić information content (AvgIpc) is 2.55. The molecule has 0 radical (unpaired) electrons. The molecule has 21 heavy (non-hydrogen) atoms. The summed E-state index contributed by atoms with van der Waals surface area (Å²) in [5.41, 5.74) is 4.54. The second-order valence-corrected chi connectivity index (χ2v) is 4.88. The van der Waals surface area contributed by atoms with E-state index in [1.54, 1.807) is 12.1 Å². The molecule has 0 saturated heterocycles. The second kappa shape index (κ2) is 6.10. The Hall–Kier alpha value is -2.80. The van der Waals surface area contributed by atoms with Gasteiger partial charge in [0.25, 0.3) is 0 Å². The standard InChI is InChI=1S/C20H16O/c21-19-13-11-18(12-14-19)20(17-9-5-2-6-10-17)15-16-7-3-1-4-8-16/h1-15,21H/b20-15+. The van der Waals surface area contributed by atoms with E-state index in [1.807, 2.05) is 48.5 Å². The van der Waals surface area contributed by atoms with Gasteiger partial charge in [-0.05, 0) is 40.5 Å². The average molecular weight is 272 g/mol. The van der Waals surface area contributed by atoms with E-state index in [0.29, 0.717) is 0 Å². The van der Waals surface area contributed by atoms with E-state index in [9.17, 15) is 5.11 Å². The number of aromatic hydroxyl groups is 1. The highest BCUT2D eigenvalue weighted by molar-refractivity contribution is 5.91. The molecule has 1 N–H and O–H groups in total. The van der Waals surface area contributed by atoms with Crippen molar-refractivity contribution in [2.75, 3.05) is 0 Å². The zero-order chi connectivity index (χ0) is 14.5. The first-order valence-electron chi connectivity index (χ1n) is 6.94. The topological polar surface area (TPSA) is 20.2 Å². The number of phenolic OH excluding ortho intramolecular Hbond substituents is 1. The number of hydrogen-bond donors (Lipinski definition) is 1. The largest absolute Gasteiger partial charge is 0.508 e. The molecule has 0 atom stereocenters. The molecule has 3 aromatic carbocycles. The summed E-state index contributed by atoms with van der Waals surface area (Å²) < 4.78 is 0. The quantitative estimate of drug-likeness (QED) is 0.667. The summed E-state index contributed by atoms with van der Waals surface area (Å²) in [5.74, 6) is 0.283. The van der Waals surface area contributed by atoms with Crippen LogP contribution in [-0.4, -0.2) is 5.11 Å². The third-order valence-electron chi connectivity index (χ3n) is 3.37. The molecule has 0 spiro atoms. The van der Waals surface area contributed by atoms with Gasteiger partial charge in [0, 0.05) is 0 Å². The molecule has 1 heteroatoms. The molecule has 0 aliphatic rings. The van der Waals surface area contributed by atoms with Gasteiger partial charge >= 0.3 is 0 Å². The lowest BCUT2D eigenvalue weighted by Crippen LogP contribution is -1.88. The second-order valence-electron chi connectivity index (χ2n) is 4.88. The van der Waals surface area contributed by atoms with Crippen LogP contribution >= 0.6 is 0 Å². The minimum Gasteiger partial charge on any atom is -0.508 e. The van der Waals surface area contributed by atoms with E-state index in [0.717, 1.165) is 22.3 Å². The molecule has 0 aromatic heterocycles. The number of benzene rings is 3. The lowest BCUT2D eigenvalue weighted by Gasteiger charge is -2.09. The molecule has 0 heterocycles. The van der Waals surface area contributed by atoms with Gasteiger partial charge in [-0.1, -0.05) is 72.8 Å². The Labute approximate surface area is 124 Å². The predicted octanol–water partition coefficient (Wildman–Crippen LogP) is 4.98. The molecule has 0 bridgehead atoms. The minimum absolute atomic E-state index is 0.283. The van der Waals surface area contributed by atoms with Gasteiger partial charge in [0.15, 0.2) is 0 Å². The van der Waals surface area contributed by atoms with Crippen molar-refractivity contribution in [3.8, 4) is 5.75 Å². The summed E-state index contributed by atoms with van der Waals surface area (Å²) >= 11 is 0. The summed E-state index contributed by atoms with van der Waals surface area (Å²) in [6.45, 7) is 0. The Morgan fingerprint density at radius 2 is 1.14 bits per heavy atom. The monoisotopic (exact) mass is 272 g/mol. The van der Waals surface area contributed by atoms with Crippen LogP contribution in [0.1, 0.15) is 16.7 Å². The van der Waals surface area contributed by atoms with Crippen LogP contribution in [0.25, 0.3) is 11.6 Å². The number of hydrogen-bond acceptors (Lipinski definition) is 1. The molecular formula is C20H16O. The van der Waals surface area contributed by atoms with Crippen LogP contribution in [0.4, 0.5) is 0 Å². The van der Waals surface area contributed by atoms with Gasteiger partial charge in [-0.2, -0.15) is 0 Å². The molecule has 0 aliphatic heterocycles. The molecule has 0 saturated carbocycles. The molecule has 0 unspecified atom stereocenters. The fraction of sp³-hybridized carbons (Fsp3) is 0. The molecule has 1 nitrogen and oxygen atoms in total. The van der Waals surface area contributed by atoms with E-state index in [4.69, 9.17) is 0 Å². The van der Waals surface area contributed by atoms with Crippen LogP contribution < -0.4 is 0 Å². The summed E-state index contributed by atoms with van der Waals surface area (Å²) in [4.78, 5) is 0. The van der Waals surface area contributed by atoms with Crippen molar-refractivity contribution in [3.63, 3.8) is 0 Å². The van der Waals surface area contributed by atoms with E-state index >= 15 is 0 Å². The van der Waals surface area contributed by atoms with Crippen molar-refractivity contribution in [3.05, 3.63) is 102 Å². The van der Waals surface area contributed by atoms with Crippen molar-refractivity contribution in [1.29, 1.82) is 0 Å². The fourth-order valence-corrected chi connectivity index (χ4v) is 2.31. The maximum absolute atomic E-state index is 9.48. The van der Waals surface area contributed by atoms with Crippen LogP contribution in [0.5, 0.6) is 5.75 Å². The van der Waals surface area contributed by atoms with Gasteiger partial charge in [0.1, 0.15) is 5.75 Å². The third-order valence-corrected chi connectivity index (χ3v) is 3.37. The Balaban J connectivity index is 2.12. The zero-order valence-electron chi connectivity index (χ0n) is 11.6. The Kier molecular flexibility index (Phi) is 3.83. The Bertz CT molecular complexity index is 726. The van der Waals surface area contributed by atoms with Crippen molar-refractivity contribution >= 4 is 11.6 Å². The lowest BCUT2D eigenvalue weighted by atomic mass is 9.96. The molecule has 3 rings (SSSR count). The molecule has 3 aromatic rings. The van der Waals surface area contributed by atoms with Crippen molar-refractivity contribution in [2.24, 2.45) is 0 Å². The van der Waals surface area contributed by atoms with Gasteiger partial charge < -0.3 is 5.11 Å². The molecular weight excluding hydrogens is 256 g/mol. The van der Waals surface area contributed by atoms with Crippen LogP contribution in [0.3, 0.4) is 0 Å². The van der Waals surface area contributed by atoms with E-state index in [2.05, 4.69) is 30.3 Å². The van der Waals surface area contributed by atoms with Crippen LogP contribution in [0.15, 0.2) is 84.9 Å². The van der Waals surface area contributed by atoms with Gasteiger partial charge in [0.05, 0.1) is 0 Å². The zero-order valence-corrected chi connectivity index (χ0v) is 11.6. The smallest absolute Gasteiger partial charge is 0.115 e. The third kappa shape index (κ3) is 3.21. The SMILES string of the molecule is Oc1ccc(/C(=C/c2ccccc2)c2ccccc2)cc1. The summed E-state index contributed by atoms with van der Waals surface area (Å²) in [6, 6.07) is 27.9. The first-order valence-corrected chi connectivity index (χ1v) is 6.94. The van der Waals surface area contributed by atoms with Gasteiger partial charge in [-0.3, -0.25) is 0 Å². The predicted molar refractivity (Wildman–Crippen MR) is 88.0 cm³/mol. The van der Waals surface area contributed by atoms with Crippen molar-refractivity contribution in [2.45, 2.75) is 0 Å². The lowest BCUT2D eigenvalue weighted by molar-refractivity contribution is 0.475. The molecule has 102 valence electrons. The maximum Gasteiger partial charge on any atom is 0.115 e. The van der Waals surface area contributed by atoms with E-state index < -0.39 is 0 Å². The first-order chi connectivity index (χ1) is 10.3. The molecule has 0 fully saturated rings. The first kappa shape index (κ1) is 13.2. The van der Waals surface area contributed by atoms with E-state index in [1.165, 1.54) is 0 Å². The minimum atomic E-state index is 0.283. The highest BCUT2D eigenvalue weighted by Gasteiger charge is 2.05. The Morgan fingerprint density at radius 3 is 1.76 bits per heavy atom. The molecule has 0 aliphatic carbocycles. The summed E-state index contributed by atoms with van der Waals surface area (Å²) in [6.07, 6.45) is 2.17. The van der Waals surface area contributed by atoms with Crippen LogP contribution in [0.2, 0.25) is 0 Å². The Morgan fingerprint density at radius 1 is 0.619 bits per heavy atom. The van der Waals surface area contributed by atoms with Crippen LogP contribution in [-0.2, 0) is 0 Å². The maximum atomic E-state index is 9.48. The molecule has 0 amide bonds. The van der Waals surface area contributed by atoms with Gasteiger partial charge in [-0.25, -0.2) is 0 Å². The van der Waals surface area contributed by atoms with Gasteiger partial charge in [-0.15, -0.1) is 0 Å². The number of rotatable bonds is 3. The highest BCUT2D eigenvalue weighted by Crippen LogP contribution is 2.27. The number of phenols is 1. The summed E-state index contributed by atoms with van der Waals surface area (Å²) in [5, 5.41) is 9.48. The van der Waals surface area contributed by atoms with E-state index in [-0.39, 0.29) is 5.75 Å².